The van der Waals surface area contributed by atoms with E-state index in [-0.39, 0.29) is 23.8 Å². The van der Waals surface area contributed by atoms with Gasteiger partial charge in [-0.2, -0.15) is 8.42 Å². The van der Waals surface area contributed by atoms with E-state index in [0.717, 1.165) is 12.8 Å². The van der Waals surface area contributed by atoms with Gasteiger partial charge in [0.1, 0.15) is 0 Å². The van der Waals surface area contributed by atoms with Crippen molar-refractivity contribution in [3.63, 3.8) is 0 Å². The lowest BCUT2D eigenvalue weighted by Crippen LogP contribution is -2.31. The number of ether oxygens (including phenoxy) is 2. The molecule has 0 amide bonds. The normalized spacial score (nSPS) is 11.8. The maximum Gasteiger partial charge on any atom is 0.317 e. The van der Waals surface area contributed by atoms with Gasteiger partial charge in [0.05, 0.1) is 23.6 Å². The van der Waals surface area contributed by atoms with Crippen molar-refractivity contribution in [1.82, 2.24) is 5.32 Å². The quantitative estimate of drug-likeness (QED) is 0.199. The molecule has 0 spiro atoms. The van der Waals surface area contributed by atoms with Crippen LogP contribution in [0.5, 0.6) is 11.5 Å². The number of hydrogen-bond acceptors (Lipinski definition) is 8. The third-order valence-corrected chi connectivity index (χ3v) is 4.86. The Kier molecular flexibility index (Phi) is 12.6. The molecule has 0 aromatic heterocycles. The van der Waals surface area contributed by atoms with E-state index >= 15 is 0 Å². The summed E-state index contributed by atoms with van der Waals surface area (Å²) >= 11 is 0. The number of nitrogens with one attached hydrogen (secondary N) is 1. The zero-order chi connectivity index (χ0) is 26.7. The van der Waals surface area contributed by atoms with Gasteiger partial charge in [-0.15, -0.1) is 0 Å². The van der Waals surface area contributed by atoms with Crippen molar-refractivity contribution in [2.24, 2.45) is 10.8 Å². The van der Waals surface area contributed by atoms with Crippen molar-refractivity contribution in [1.29, 1.82) is 0 Å². The predicted octanol–water partition coefficient (Wildman–Crippen LogP) is 4.06. The molecule has 194 valence electrons. The van der Waals surface area contributed by atoms with E-state index in [1.807, 2.05) is 41.5 Å². The van der Waals surface area contributed by atoms with Gasteiger partial charge in [0, 0.05) is 5.56 Å². The molecule has 1 rings (SSSR count). The van der Waals surface area contributed by atoms with E-state index < -0.39 is 32.9 Å². The number of hydrogen-bond donors (Lipinski definition) is 2. The number of likely N-dealkylation sites (N-methyl/N-ethyl adjacent to an activating group) is 1. The molecule has 1 aromatic rings. The Morgan fingerprint density at radius 2 is 1.32 bits per heavy atom. The summed E-state index contributed by atoms with van der Waals surface area (Å²) < 4.78 is 37.1. The molecular weight excluding hydrogens is 462 g/mol. The Bertz CT molecular complexity index is 944. The number of benzene rings is 1. The van der Waals surface area contributed by atoms with Gasteiger partial charge < -0.3 is 14.8 Å². The number of carbonyl (C=O) groups excluding carboxylic acids is 3. The van der Waals surface area contributed by atoms with Crippen LogP contribution in [0.15, 0.2) is 18.2 Å². The van der Waals surface area contributed by atoms with Crippen LogP contribution in [0.1, 0.15) is 77.6 Å². The van der Waals surface area contributed by atoms with Crippen molar-refractivity contribution >= 4 is 27.8 Å². The Morgan fingerprint density at radius 3 is 1.71 bits per heavy atom. The van der Waals surface area contributed by atoms with Crippen LogP contribution in [0.2, 0.25) is 0 Å². The number of carbonyl (C=O) groups is 3. The molecule has 10 heteroatoms. The largest absolute Gasteiger partial charge is 0.422 e. The summed E-state index contributed by atoms with van der Waals surface area (Å²) in [6.07, 6.45) is 3.71. The molecule has 0 atom stereocenters. The SMILES string of the molecule is CCCC(C)(C)C(=O)Oc1ccc(C(=O)CNC)cc1OC(=O)C(C)(C)CCC.CS(=O)(=O)O. The van der Waals surface area contributed by atoms with Crippen molar-refractivity contribution in [3.05, 3.63) is 23.8 Å². The average molecular weight is 502 g/mol. The van der Waals surface area contributed by atoms with Crippen LogP contribution >= 0.6 is 0 Å². The summed E-state index contributed by atoms with van der Waals surface area (Å²) in [5.41, 5.74) is -0.983. The van der Waals surface area contributed by atoms with Crippen molar-refractivity contribution < 1.29 is 36.8 Å². The first-order chi connectivity index (χ1) is 15.5. The lowest BCUT2D eigenvalue weighted by Gasteiger charge is -2.24. The number of rotatable bonds is 11. The molecule has 0 fully saturated rings. The molecule has 0 saturated heterocycles. The van der Waals surface area contributed by atoms with E-state index in [1.165, 1.54) is 12.1 Å². The molecule has 0 radical (unpaired) electrons. The summed E-state index contributed by atoms with van der Waals surface area (Å²) in [7, 11) is -1.99. The zero-order valence-corrected chi connectivity index (χ0v) is 22.3. The van der Waals surface area contributed by atoms with Crippen LogP contribution in [-0.4, -0.2) is 50.5 Å². The Morgan fingerprint density at radius 1 is 0.912 bits per heavy atom. The lowest BCUT2D eigenvalue weighted by molar-refractivity contribution is -0.147. The Labute approximate surface area is 203 Å². The van der Waals surface area contributed by atoms with E-state index in [4.69, 9.17) is 14.0 Å². The summed E-state index contributed by atoms with van der Waals surface area (Å²) in [6.45, 7) is 11.4. The van der Waals surface area contributed by atoms with Gasteiger partial charge in [-0.3, -0.25) is 18.9 Å². The lowest BCUT2D eigenvalue weighted by atomic mass is 9.88. The van der Waals surface area contributed by atoms with Gasteiger partial charge in [-0.05, 0) is 65.8 Å². The molecule has 0 bridgehead atoms. The molecule has 0 aliphatic carbocycles. The predicted molar refractivity (Wildman–Crippen MR) is 131 cm³/mol. The zero-order valence-electron chi connectivity index (χ0n) is 21.5. The monoisotopic (exact) mass is 501 g/mol. The van der Waals surface area contributed by atoms with E-state index in [9.17, 15) is 22.8 Å². The number of Topliss-reactive ketones (excluding diaryl/α,β-unsaturated/α-hetero) is 1. The minimum atomic E-state index is -3.67. The first kappa shape index (κ1) is 31.7. The molecule has 0 saturated carbocycles. The van der Waals surface area contributed by atoms with Gasteiger partial charge in [0.15, 0.2) is 17.3 Å². The molecule has 0 aliphatic heterocycles. The fraction of sp³-hybridized carbons (Fsp3) is 0.625. The first-order valence-corrected chi connectivity index (χ1v) is 13.0. The highest BCUT2D eigenvalue weighted by molar-refractivity contribution is 7.85. The Hall–Kier alpha value is -2.30. The second kappa shape index (κ2) is 13.6. The molecule has 1 aromatic carbocycles. The van der Waals surface area contributed by atoms with Crippen LogP contribution in [-0.2, 0) is 19.7 Å². The highest BCUT2D eigenvalue weighted by Gasteiger charge is 2.32. The maximum atomic E-state index is 12.7. The highest BCUT2D eigenvalue weighted by atomic mass is 32.2. The third kappa shape index (κ3) is 11.7. The van der Waals surface area contributed by atoms with E-state index in [0.29, 0.717) is 24.7 Å². The second-order valence-corrected chi connectivity index (χ2v) is 10.9. The van der Waals surface area contributed by atoms with Gasteiger partial charge in [0.2, 0.25) is 0 Å². The molecule has 0 aliphatic rings. The van der Waals surface area contributed by atoms with Gasteiger partial charge in [-0.1, -0.05) is 26.7 Å². The van der Waals surface area contributed by atoms with Crippen molar-refractivity contribution in [2.75, 3.05) is 19.8 Å². The van der Waals surface area contributed by atoms with Gasteiger partial charge in [0.25, 0.3) is 10.1 Å². The topological polar surface area (TPSA) is 136 Å². The minimum absolute atomic E-state index is 0.0850. The summed E-state index contributed by atoms with van der Waals surface area (Å²) in [5.74, 6) is -0.758. The van der Waals surface area contributed by atoms with Crippen LogP contribution in [0, 0.1) is 10.8 Å². The van der Waals surface area contributed by atoms with Crippen LogP contribution < -0.4 is 14.8 Å². The third-order valence-electron chi connectivity index (χ3n) is 4.86. The highest BCUT2D eigenvalue weighted by Crippen LogP contribution is 2.34. The molecule has 2 N–H and O–H groups in total. The maximum absolute atomic E-state index is 12.7. The van der Waals surface area contributed by atoms with E-state index in [2.05, 4.69) is 5.32 Å². The summed E-state index contributed by atoms with van der Waals surface area (Å²) in [6, 6.07) is 4.55. The fourth-order valence-electron chi connectivity index (χ4n) is 3.04. The number of ketones is 1. The Balaban J connectivity index is 0.00000196. The fourth-order valence-corrected chi connectivity index (χ4v) is 3.04. The molecule has 0 heterocycles. The molecule has 9 nitrogen and oxygen atoms in total. The van der Waals surface area contributed by atoms with E-state index in [1.54, 1.807) is 13.1 Å². The van der Waals surface area contributed by atoms with Crippen molar-refractivity contribution in [3.8, 4) is 11.5 Å². The molecule has 34 heavy (non-hydrogen) atoms. The van der Waals surface area contributed by atoms with Gasteiger partial charge in [-0.25, -0.2) is 0 Å². The second-order valence-electron chi connectivity index (χ2n) is 9.39. The smallest absolute Gasteiger partial charge is 0.317 e. The van der Waals surface area contributed by atoms with Gasteiger partial charge >= 0.3 is 11.9 Å². The average Bonchev–Trinajstić information content (AvgIpc) is 2.67. The van der Waals surface area contributed by atoms with Crippen LogP contribution in [0.4, 0.5) is 0 Å². The molecular formula is C24H39NO8S. The standard InChI is InChI=1S/C23H35NO5.CH4O3S/c1-8-12-22(3,4)20(26)28-18-11-10-16(17(25)15-24-7)14-19(18)29-21(27)23(5,6)13-9-2;1-5(2,3)4/h10-11,14,24H,8-9,12-13,15H2,1-7H3;1H3,(H,2,3,4). The first-order valence-electron chi connectivity index (χ1n) is 11.2. The van der Waals surface area contributed by atoms with Crippen molar-refractivity contribution in [2.45, 2.75) is 67.2 Å². The summed E-state index contributed by atoms with van der Waals surface area (Å²) in [5, 5.41) is 2.81. The summed E-state index contributed by atoms with van der Waals surface area (Å²) in [4.78, 5) is 37.6. The van der Waals surface area contributed by atoms with Crippen LogP contribution in [0.3, 0.4) is 0 Å². The minimum Gasteiger partial charge on any atom is -0.422 e. The van der Waals surface area contributed by atoms with Crippen LogP contribution in [0.25, 0.3) is 0 Å². The molecule has 0 unspecified atom stereocenters. The number of esters is 2.